The number of amides is 8. The SMILES string of the molecule is COCCN(CCOC12CC3(C)CC(C)(CC(Cn4ncc(-c5ccc(N6CCc7c(OC)ccc(C(=O)Nc8nc9ccccc9s8)c7C6)nc5C(=O)O)c4C)(C3)C1)C2)C(=O)OC/C=C/c1ccc(O[C@@H]2O[C@H](C(=O)O)[C@@H](O)[C@H](O)[C@H]2O)c(NC(=O)CCNC(=O)OC/C=C/c2ccc(O[C@H]3O[C@H](C(=O)O)[C@@H](O)[C@@H](O)[C@H]3O)c(NC(=O)CCNC(=O)CCN3C(=O)C=CC3=O)c2)c1. The lowest BCUT2D eigenvalue weighted by Crippen LogP contribution is -2.64. The molecule has 133 heavy (non-hydrogen) atoms. The fourth-order valence-electron chi connectivity index (χ4n) is 19.5. The molecular formula is C91H104N12O29S. The van der Waals surface area contributed by atoms with Crippen LogP contribution in [0.25, 0.3) is 33.5 Å². The van der Waals surface area contributed by atoms with Crippen molar-refractivity contribution in [1.29, 1.82) is 0 Å². The number of nitrogens with one attached hydrogen (secondary N) is 5. The molecule has 8 aliphatic rings. The van der Waals surface area contributed by atoms with Crippen molar-refractivity contribution in [3.05, 3.63) is 155 Å². The van der Waals surface area contributed by atoms with Gasteiger partial charge in [-0.15, -0.1) is 0 Å². The summed E-state index contributed by atoms with van der Waals surface area (Å²) in [4.78, 5) is 155. The molecule has 4 saturated carbocycles. The number of aliphatic hydroxyl groups excluding tert-OH is 6. The van der Waals surface area contributed by atoms with Crippen molar-refractivity contribution in [2.45, 2.75) is 165 Å². The molecule has 41 nitrogen and oxygen atoms in total. The summed E-state index contributed by atoms with van der Waals surface area (Å²) in [6.07, 6.45) is -7.38. The van der Waals surface area contributed by atoms with E-state index in [0.29, 0.717) is 70.4 Å². The van der Waals surface area contributed by atoms with E-state index in [1.54, 1.807) is 37.6 Å². The number of imide groups is 1. The summed E-state index contributed by atoms with van der Waals surface area (Å²) < 4.78 is 54.5. The van der Waals surface area contributed by atoms with E-state index in [2.05, 4.69) is 45.4 Å². The molecule has 12 atom stereocenters. The molecule has 4 aliphatic carbocycles. The molecule has 8 amide bonds. The Balaban J connectivity index is 0.582. The number of carbonyl (C=O) groups is 11. The molecule has 7 heterocycles. The van der Waals surface area contributed by atoms with Crippen molar-refractivity contribution in [1.82, 2.24) is 40.2 Å². The number of carboxylic acid groups (broad SMARTS) is 3. The van der Waals surface area contributed by atoms with Crippen molar-refractivity contribution in [2.24, 2.45) is 16.2 Å². The van der Waals surface area contributed by atoms with Crippen LogP contribution in [-0.4, -0.2) is 288 Å². The third-order valence-corrected chi connectivity index (χ3v) is 25.5. The number of aromatic nitrogens is 4. The lowest BCUT2D eigenvalue weighted by atomic mass is 9.39. The van der Waals surface area contributed by atoms with Crippen LogP contribution < -0.4 is 45.7 Å². The minimum Gasteiger partial charge on any atom is -0.496 e. The second-order valence-corrected chi connectivity index (χ2v) is 35.8. The minimum atomic E-state index is -2.06. The third-order valence-electron chi connectivity index (χ3n) is 24.5. The van der Waals surface area contributed by atoms with Crippen LogP contribution in [-0.2, 0) is 81.5 Å². The fourth-order valence-corrected chi connectivity index (χ4v) is 20.4. The Morgan fingerprint density at radius 3 is 1.81 bits per heavy atom. The first kappa shape index (κ1) is 96.2. The summed E-state index contributed by atoms with van der Waals surface area (Å²) in [6.45, 7) is 7.09. The number of anilines is 4. The Morgan fingerprint density at radius 1 is 0.624 bits per heavy atom. The predicted molar refractivity (Wildman–Crippen MR) is 472 cm³/mol. The molecule has 14 N–H and O–H groups in total. The average Bonchev–Trinajstić information content (AvgIpc) is 1.34. The fraction of sp³-hybridized carbons (Fsp3) is 0.451. The Kier molecular flexibility index (Phi) is 29.7. The van der Waals surface area contributed by atoms with E-state index in [-0.39, 0.29) is 129 Å². The number of hydrogen-bond donors (Lipinski definition) is 14. The van der Waals surface area contributed by atoms with Gasteiger partial charge in [-0.2, -0.15) is 5.10 Å². The maximum atomic E-state index is 14.0. The van der Waals surface area contributed by atoms with Gasteiger partial charge in [-0.1, -0.05) is 61.6 Å². The number of methoxy groups -OCH3 is 2. The van der Waals surface area contributed by atoms with Crippen molar-refractivity contribution in [3.63, 3.8) is 0 Å². The third kappa shape index (κ3) is 22.4. The normalized spacial score (nSPS) is 25.2. The molecule has 42 heteroatoms. The van der Waals surface area contributed by atoms with E-state index in [9.17, 15) is 98.7 Å². The minimum absolute atomic E-state index is 0.0956. The number of carboxylic acids is 3. The number of aromatic carboxylic acids is 1. The lowest BCUT2D eigenvalue weighted by molar-refractivity contribution is -0.271. The number of hydrogen-bond acceptors (Lipinski definition) is 31. The van der Waals surface area contributed by atoms with Gasteiger partial charge < -0.3 is 120 Å². The van der Waals surface area contributed by atoms with Crippen LogP contribution in [0, 0.1) is 23.2 Å². The predicted octanol–water partition coefficient (Wildman–Crippen LogP) is 5.39. The molecule has 7 aromatic rings. The van der Waals surface area contributed by atoms with Gasteiger partial charge >= 0.3 is 30.1 Å². The first-order chi connectivity index (χ1) is 63.5. The second-order valence-electron chi connectivity index (χ2n) is 34.7. The van der Waals surface area contributed by atoms with Crippen molar-refractivity contribution in [3.8, 4) is 28.4 Å². The zero-order chi connectivity index (χ0) is 95.0. The maximum Gasteiger partial charge on any atom is 0.410 e. The van der Waals surface area contributed by atoms with Crippen LogP contribution in [0.4, 0.5) is 31.9 Å². The van der Waals surface area contributed by atoms with Gasteiger partial charge in [0.15, 0.2) is 23.0 Å². The number of fused-ring (bicyclic) bond motifs is 2. The largest absolute Gasteiger partial charge is 0.496 e. The lowest BCUT2D eigenvalue weighted by Gasteiger charge is -2.69. The number of carbonyl (C=O) groups excluding carboxylic acids is 8. The number of thiazole rings is 1. The number of ether oxygens (including phenoxy) is 9. The smallest absolute Gasteiger partial charge is 0.410 e. The van der Waals surface area contributed by atoms with Crippen LogP contribution in [0.1, 0.15) is 120 Å². The summed E-state index contributed by atoms with van der Waals surface area (Å²) in [5, 5.41) is 112. The first-order valence-corrected chi connectivity index (χ1v) is 43.9. The summed E-state index contributed by atoms with van der Waals surface area (Å²) in [6, 6.07) is 23.0. The summed E-state index contributed by atoms with van der Waals surface area (Å²) in [5.41, 5.74) is 3.96. The van der Waals surface area contributed by atoms with Crippen molar-refractivity contribution in [2.75, 3.05) is 101 Å². The number of aliphatic hydroxyl groups is 6. The molecule has 4 aliphatic heterocycles. The van der Waals surface area contributed by atoms with Gasteiger partial charge in [0.05, 0.1) is 53.7 Å². The standard InChI is InChI=1S/C91H104N12O29S/c1-49-55(53-17-21-64(98-70(53)80(116)117)101-30-26-52-56(41-101)54(16-20-60(52)125-5)79(115)99-85-97-57-12-6-7-13-63(57)133-85)40-94-103(49)48-90-43-88(2)42-89(3,44-90)46-91(45-88,47-90)128-37-33-100(32-36-124-4)87(123)127-35-9-11-51-15-19-62(130-84-76(114)72(110)74(112)78(132-84)82(120)121)59(39-51)96-67(106)25-29-93-86(122)126-34-8-10-50-14-18-61(129-83-75(113)71(109)73(111)77(131-83)81(118)119)58(38-50)95-66(105)24-28-92-65(104)27-31-102-68(107)22-23-69(102)108/h6-23,38-40,71-78,83-84,109-114H,24-37,41-48H2,1-5H3,(H,92,104)(H,93,122)(H,95,105)(H,96,106)(H,116,117)(H,118,119)(H,120,121)(H,97,99,115)/b10-8+,11-9+/t71-,72+,73+,74+,75-,76-,77+,78+,83+,84-,88?,89?,90?,91?/m1/s1. The van der Waals surface area contributed by atoms with E-state index in [1.807, 2.05) is 46.8 Å². The second kappa shape index (κ2) is 41.1. The van der Waals surface area contributed by atoms with Crippen LogP contribution >= 0.6 is 11.3 Å². The maximum absolute atomic E-state index is 14.0. The Bertz CT molecular complexity index is 5630. The van der Waals surface area contributed by atoms with Crippen LogP contribution in [0.15, 0.2) is 115 Å². The Hall–Kier alpha value is -12.9. The molecule has 2 unspecified atom stereocenters. The Labute approximate surface area is 764 Å². The van der Waals surface area contributed by atoms with Crippen molar-refractivity contribution < 1.29 is 141 Å². The van der Waals surface area contributed by atoms with Gasteiger partial charge in [-0.25, -0.2) is 33.9 Å². The molecule has 4 bridgehead atoms. The highest BCUT2D eigenvalue weighted by atomic mass is 32.1. The van der Waals surface area contributed by atoms with E-state index >= 15 is 0 Å². The van der Waals surface area contributed by atoms with Gasteiger partial charge in [0.25, 0.3) is 17.7 Å². The Morgan fingerprint density at radius 2 is 1.22 bits per heavy atom. The molecule has 3 aromatic heterocycles. The first-order valence-electron chi connectivity index (χ1n) is 43.1. The number of para-hydroxylation sites is 1. The molecular weight excluding hydrogens is 1760 g/mol. The topological polar surface area (TPSA) is 566 Å². The number of aliphatic carboxylic acids is 2. The van der Waals surface area contributed by atoms with Crippen LogP contribution in [0.3, 0.4) is 0 Å². The summed E-state index contributed by atoms with van der Waals surface area (Å²) >= 11 is 1.37. The van der Waals surface area contributed by atoms with E-state index < -0.39 is 133 Å². The van der Waals surface area contributed by atoms with E-state index in [0.717, 1.165) is 76.2 Å². The molecule has 708 valence electrons. The van der Waals surface area contributed by atoms with Gasteiger partial charge in [-0.3, -0.25) is 43.7 Å². The summed E-state index contributed by atoms with van der Waals surface area (Å²) in [7, 11) is 3.09. The highest BCUT2D eigenvalue weighted by Gasteiger charge is 2.66. The molecule has 0 spiro atoms. The van der Waals surface area contributed by atoms with Crippen LogP contribution in [0.2, 0.25) is 0 Å². The van der Waals surface area contributed by atoms with Gasteiger partial charge in [0, 0.05) is 119 Å². The van der Waals surface area contributed by atoms with Crippen LogP contribution in [0.5, 0.6) is 17.2 Å². The molecule has 2 saturated heterocycles. The summed E-state index contributed by atoms with van der Waals surface area (Å²) in [5.74, 6) is -7.48. The zero-order valence-corrected chi connectivity index (χ0v) is 74.0. The highest BCUT2D eigenvalue weighted by Crippen LogP contribution is 2.72. The van der Waals surface area contributed by atoms with Gasteiger partial charge in [-0.05, 0) is 158 Å². The average molecular weight is 1860 g/mol. The van der Waals surface area contributed by atoms with Crippen molar-refractivity contribution >= 4 is 122 Å². The van der Waals surface area contributed by atoms with Gasteiger partial charge in [0.2, 0.25) is 30.3 Å². The number of pyridine rings is 1. The van der Waals surface area contributed by atoms with E-state index in [1.165, 1.54) is 78.0 Å². The van der Waals surface area contributed by atoms with E-state index in [4.69, 9.17) is 52.7 Å². The monoisotopic (exact) mass is 1860 g/mol. The molecule has 15 rings (SSSR count). The number of alkyl carbamates (subject to hydrolysis) is 1. The molecule has 0 radical (unpaired) electrons. The number of nitrogens with zero attached hydrogens (tertiary/aromatic N) is 7. The molecule has 4 aromatic carbocycles. The van der Waals surface area contributed by atoms with Gasteiger partial charge in [0.1, 0.15) is 72.9 Å². The quantitative estimate of drug-likeness (QED) is 0.0216. The zero-order valence-electron chi connectivity index (χ0n) is 73.2. The number of rotatable bonds is 38. The number of benzene rings is 4. The highest BCUT2D eigenvalue weighted by molar-refractivity contribution is 7.22. The molecule has 6 fully saturated rings.